The number of carbonyl (C=O) groups is 2. The third-order valence-electron chi connectivity index (χ3n) is 3.10. The highest BCUT2D eigenvalue weighted by Gasteiger charge is 2.22. The quantitative estimate of drug-likeness (QED) is 0.861. The molecule has 21 heavy (non-hydrogen) atoms. The van der Waals surface area contributed by atoms with Gasteiger partial charge in [-0.2, -0.15) is 0 Å². The summed E-state index contributed by atoms with van der Waals surface area (Å²) in [5.41, 5.74) is 7.19. The van der Waals surface area contributed by atoms with Gasteiger partial charge in [-0.05, 0) is 32.4 Å². The van der Waals surface area contributed by atoms with Crippen molar-refractivity contribution in [1.82, 2.24) is 0 Å². The molecular weight excluding hydrogens is 270 g/mol. The Hall–Kier alpha value is -1.88. The smallest absolute Gasteiger partial charge is 0.308 e. The van der Waals surface area contributed by atoms with Crippen molar-refractivity contribution >= 4 is 11.8 Å². The van der Waals surface area contributed by atoms with Crippen molar-refractivity contribution in [3.63, 3.8) is 0 Å². The van der Waals surface area contributed by atoms with Crippen LogP contribution in [0.1, 0.15) is 44.4 Å². The van der Waals surface area contributed by atoms with Gasteiger partial charge in [0.15, 0.2) is 5.78 Å². The fraction of sp³-hybridized carbons (Fsp3) is 0.500. The van der Waals surface area contributed by atoms with Crippen LogP contribution >= 0.6 is 0 Å². The number of ketones is 1. The number of carbonyl (C=O) groups excluding carboxylic acids is 2. The van der Waals surface area contributed by atoms with Crippen LogP contribution in [-0.4, -0.2) is 24.0 Å². The maximum absolute atomic E-state index is 11.8. The first-order chi connectivity index (χ1) is 9.74. The maximum Gasteiger partial charge on any atom is 0.308 e. The molecule has 2 N–H and O–H groups in total. The molecular formula is C16H21NO4. The van der Waals surface area contributed by atoms with Gasteiger partial charge in [0.2, 0.25) is 0 Å². The zero-order chi connectivity index (χ0) is 15.6. The van der Waals surface area contributed by atoms with E-state index in [1.165, 1.54) is 0 Å². The second-order valence-electron chi connectivity index (χ2n) is 6.27. The lowest BCUT2D eigenvalue weighted by Gasteiger charge is -2.22. The van der Waals surface area contributed by atoms with Gasteiger partial charge in [0.25, 0.3) is 0 Å². The molecule has 2 rings (SSSR count). The molecule has 0 aromatic heterocycles. The summed E-state index contributed by atoms with van der Waals surface area (Å²) < 4.78 is 10.7. The summed E-state index contributed by atoms with van der Waals surface area (Å²) in [7, 11) is 0. The molecule has 1 aliphatic heterocycles. The Morgan fingerprint density at radius 1 is 1.43 bits per heavy atom. The van der Waals surface area contributed by atoms with Gasteiger partial charge in [0.05, 0.1) is 6.42 Å². The molecule has 1 atom stereocenters. The van der Waals surface area contributed by atoms with Crippen molar-refractivity contribution in [3.05, 3.63) is 29.3 Å². The minimum absolute atomic E-state index is 0.0632. The molecule has 1 heterocycles. The average molecular weight is 291 g/mol. The molecule has 1 aromatic rings. The Balaban J connectivity index is 2.05. The van der Waals surface area contributed by atoms with E-state index in [2.05, 4.69) is 0 Å². The topological polar surface area (TPSA) is 78.6 Å². The minimum atomic E-state index is -0.518. The summed E-state index contributed by atoms with van der Waals surface area (Å²) in [6, 6.07) is 5.01. The van der Waals surface area contributed by atoms with Gasteiger partial charge in [-0.25, -0.2) is 0 Å². The van der Waals surface area contributed by atoms with Gasteiger partial charge in [0, 0.05) is 18.0 Å². The number of ether oxygens (including phenoxy) is 2. The number of Topliss-reactive ketones (excluding diaryl/α,β-unsaturated/α-hetero) is 1. The van der Waals surface area contributed by atoms with Gasteiger partial charge in [-0.3, -0.25) is 9.59 Å². The summed E-state index contributed by atoms with van der Waals surface area (Å²) >= 11 is 0. The molecule has 1 aromatic carbocycles. The van der Waals surface area contributed by atoms with E-state index in [1.807, 2.05) is 32.9 Å². The molecule has 0 amide bonds. The van der Waals surface area contributed by atoms with Crippen LogP contribution in [0.5, 0.6) is 5.75 Å². The van der Waals surface area contributed by atoms with Crippen LogP contribution in [0.15, 0.2) is 18.2 Å². The van der Waals surface area contributed by atoms with E-state index in [9.17, 15) is 9.59 Å². The number of benzene rings is 1. The van der Waals surface area contributed by atoms with Gasteiger partial charge in [-0.1, -0.05) is 12.1 Å². The van der Waals surface area contributed by atoms with Crippen LogP contribution in [0.3, 0.4) is 0 Å². The van der Waals surface area contributed by atoms with Crippen molar-refractivity contribution in [2.45, 2.75) is 45.3 Å². The third-order valence-corrected chi connectivity index (χ3v) is 3.10. The number of hydrogen-bond donors (Lipinski definition) is 1. The molecule has 114 valence electrons. The molecule has 0 spiro atoms. The molecule has 5 nitrogen and oxygen atoms in total. The summed E-state index contributed by atoms with van der Waals surface area (Å²) in [4.78, 5) is 23.1. The Labute approximate surface area is 124 Å². The van der Waals surface area contributed by atoms with E-state index in [-0.39, 0.29) is 24.8 Å². The van der Waals surface area contributed by atoms with Crippen molar-refractivity contribution in [3.8, 4) is 5.75 Å². The first kappa shape index (κ1) is 15.5. The number of hydrogen-bond acceptors (Lipinski definition) is 5. The zero-order valence-electron chi connectivity index (χ0n) is 12.6. The summed E-state index contributed by atoms with van der Waals surface area (Å²) in [6.45, 7) is 5.55. The largest absolute Gasteiger partial charge is 0.486 e. The molecule has 0 bridgehead atoms. The number of fused-ring (bicyclic) bond motifs is 1. The number of esters is 1. The van der Waals surface area contributed by atoms with Crippen molar-refractivity contribution in [2.75, 3.05) is 6.61 Å². The van der Waals surface area contributed by atoms with E-state index in [4.69, 9.17) is 15.2 Å². The van der Waals surface area contributed by atoms with Crippen LogP contribution in [0.2, 0.25) is 0 Å². The Kier molecular flexibility index (Phi) is 4.32. The van der Waals surface area contributed by atoms with Gasteiger partial charge in [-0.15, -0.1) is 0 Å². The van der Waals surface area contributed by atoms with Crippen LogP contribution < -0.4 is 10.5 Å². The second kappa shape index (κ2) is 5.85. The Morgan fingerprint density at radius 3 is 2.81 bits per heavy atom. The first-order valence-corrected chi connectivity index (χ1v) is 6.99. The van der Waals surface area contributed by atoms with Gasteiger partial charge < -0.3 is 15.2 Å². The van der Waals surface area contributed by atoms with Gasteiger partial charge in [0.1, 0.15) is 18.0 Å². The Morgan fingerprint density at radius 2 is 2.14 bits per heavy atom. The predicted molar refractivity (Wildman–Crippen MR) is 78.0 cm³/mol. The fourth-order valence-corrected chi connectivity index (χ4v) is 2.18. The highest BCUT2D eigenvalue weighted by atomic mass is 16.6. The van der Waals surface area contributed by atoms with E-state index in [1.54, 1.807) is 6.07 Å². The van der Waals surface area contributed by atoms with Crippen LogP contribution in [-0.2, 0) is 20.7 Å². The molecule has 0 aliphatic carbocycles. The lowest BCUT2D eigenvalue weighted by Crippen LogP contribution is -2.26. The predicted octanol–water partition coefficient (Wildman–Crippen LogP) is 1.92. The molecule has 5 heteroatoms. The summed E-state index contributed by atoms with van der Waals surface area (Å²) in [5, 5.41) is 0. The molecule has 0 saturated heterocycles. The van der Waals surface area contributed by atoms with E-state index in [0.29, 0.717) is 12.2 Å². The first-order valence-electron chi connectivity index (χ1n) is 6.99. The number of rotatable bonds is 3. The Bertz CT molecular complexity index is 560. The highest BCUT2D eigenvalue weighted by Crippen LogP contribution is 2.28. The molecule has 1 aliphatic rings. The maximum atomic E-state index is 11.8. The minimum Gasteiger partial charge on any atom is -0.486 e. The summed E-state index contributed by atoms with van der Waals surface area (Å²) in [6.07, 6.45) is 0.492. The lowest BCUT2D eigenvalue weighted by molar-refractivity contribution is -0.155. The lowest BCUT2D eigenvalue weighted by atomic mass is 9.98. The monoisotopic (exact) mass is 291 g/mol. The highest BCUT2D eigenvalue weighted by molar-refractivity contribution is 5.84. The van der Waals surface area contributed by atoms with Crippen molar-refractivity contribution in [2.24, 2.45) is 5.73 Å². The molecule has 0 unspecified atom stereocenters. The summed E-state index contributed by atoms with van der Waals surface area (Å²) in [5.74, 6) is 0.406. The van der Waals surface area contributed by atoms with Crippen LogP contribution in [0.4, 0.5) is 0 Å². The molecule has 0 radical (unpaired) electrons. The van der Waals surface area contributed by atoms with Crippen LogP contribution in [0.25, 0.3) is 0 Å². The SMILES string of the molecule is CC(C)(C)OC(=O)C[C@H](N)c1ccc2c(c1)OCC(=O)C2. The van der Waals surface area contributed by atoms with E-state index < -0.39 is 11.6 Å². The number of nitrogens with two attached hydrogens (primary N) is 1. The van der Waals surface area contributed by atoms with E-state index in [0.717, 1.165) is 11.1 Å². The zero-order valence-corrected chi connectivity index (χ0v) is 12.6. The van der Waals surface area contributed by atoms with Crippen LogP contribution in [0, 0.1) is 0 Å². The van der Waals surface area contributed by atoms with Crippen molar-refractivity contribution in [1.29, 1.82) is 0 Å². The second-order valence-corrected chi connectivity index (χ2v) is 6.27. The molecule has 0 saturated carbocycles. The normalized spacial score (nSPS) is 15.9. The van der Waals surface area contributed by atoms with E-state index >= 15 is 0 Å². The third kappa shape index (κ3) is 4.29. The van der Waals surface area contributed by atoms with Crippen molar-refractivity contribution < 1.29 is 19.1 Å². The van der Waals surface area contributed by atoms with Gasteiger partial charge >= 0.3 is 5.97 Å². The standard InChI is InChI=1S/C16H21NO4/c1-16(2,3)21-15(19)8-13(17)10-4-5-11-6-12(18)9-20-14(11)7-10/h4-5,7,13H,6,8-9,17H2,1-3H3/t13-/m0/s1. The fourth-order valence-electron chi connectivity index (χ4n) is 2.18. The average Bonchev–Trinajstić information content (AvgIpc) is 2.35. The molecule has 0 fully saturated rings.